The fourth-order valence-corrected chi connectivity index (χ4v) is 10.9. The normalized spacial score (nSPS) is 14.4. The number of hydrogen-bond acceptors (Lipinski definition) is 1. The van der Waals surface area contributed by atoms with Gasteiger partial charge in [-0.25, -0.2) is 0 Å². The third-order valence-electron chi connectivity index (χ3n) is 13.9. The number of para-hydroxylation sites is 2. The molecule has 2 aliphatic rings. The van der Waals surface area contributed by atoms with Crippen molar-refractivity contribution in [3.63, 3.8) is 0 Å². The van der Waals surface area contributed by atoms with Crippen molar-refractivity contribution in [2.45, 2.75) is 57.3 Å². The van der Waals surface area contributed by atoms with Gasteiger partial charge in [0.05, 0.1) is 11.4 Å². The summed E-state index contributed by atoms with van der Waals surface area (Å²) in [7, 11) is 0. The van der Waals surface area contributed by atoms with E-state index in [1.807, 2.05) is 0 Å². The molecule has 0 radical (unpaired) electrons. The molecule has 0 unspecified atom stereocenters. The van der Waals surface area contributed by atoms with Gasteiger partial charge >= 0.3 is 0 Å². The number of nitrogens with zero attached hydrogens (tertiary/aromatic N) is 1. The molecule has 0 spiro atoms. The summed E-state index contributed by atoms with van der Waals surface area (Å²) in [6.07, 6.45) is 6.47. The molecule has 11 rings (SSSR count). The Kier molecular flexibility index (Phi) is 9.69. The minimum absolute atomic E-state index is 0.131. The molecular formula is C61H51N. The van der Waals surface area contributed by atoms with Crippen molar-refractivity contribution >= 4 is 27.8 Å². The second-order valence-electron chi connectivity index (χ2n) is 17.8. The van der Waals surface area contributed by atoms with Crippen LogP contribution in [0.2, 0.25) is 0 Å². The summed E-state index contributed by atoms with van der Waals surface area (Å²) in [6, 6.07) is 76.9. The molecule has 1 nitrogen and oxygen atoms in total. The highest BCUT2D eigenvalue weighted by Gasteiger charge is 2.37. The second kappa shape index (κ2) is 15.8. The molecule has 0 saturated heterocycles. The molecule has 62 heavy (non-hydrogen) atoms. The molecule has 0 amide bonds. The van der Waals surface area contributed by atoms with Crippen molar-refractivity contribution in [2.24, 2.45) is 0 Å². The van der Waals surface area contributed by atoms with E-state index >= 15 is 0 Å². The van der Waals surface area contributed by atoms with Crippen molar-refractivity contribution in [1.29, 1.82) is 0 Å². The van der Waals surface area contributed by atoms with Crippen LogP contribution in [0.3, 0.4) is 0 Å². The lowest BCUT2D eigenvalue weighted by molar-refractivity contribution is 0.445. The first-order valence-corrected chi connectivity index (χ1v) is 22.5. The van der Waals surface area contributed by atoms with Gasteiger partial charge in [0.25, 0.3) is 0 Å². The first kappa shape index (κ1) is 38.0. The number of fused-ring (bicyclic) bond motifs is 4. The first-order chi connectivity index (χ1) is 30.5. The van der Waals surface area contributed by atoms with Crippen LogP contribution in [0.15, 0.2) is 206 Å². The number of hydrogen-bond donors (Lipinski definition) is 0. The summed E-state index contributed by atoms with van der Waals surface area (Å²) >= 11 is 0. The smallest absolute Gasteiger partial charge is 0.0540 e. The van der Waals surface area contributed by atoms with Crippen LogP contribution >= 0.6 is 0 Å². The number of anilines is 3. The molecule has 0 bridgehead atoms. The quantitative estimate of drug-likeness (QED) is 0.148. The molecule has 300 valence electrons. The largest absolute Gasteiger partial charge is 0.309 e. The van der Waals surface area contributed by atoms with E-state index < -0.39 is 0 Å². The van der Waals surface area contributed by atoms with Gasteiger partial charge in [-0.15, -0.1) is 0 Å². The molecule has 1 fully saturated rings. The van der Waals surface area contributed by atoms with Crippen LogP contribution in [0, 0.1) is 0 Å². The zero-order valence-corrected chi connectivity index (χ0v) is 35.7. The van der Waals surface area contributed by atoms with Crippen LogP contribution in [0.4, 0.5) is 17.1 Å². The maximum absolute atomic E-state index is 2.53. The zero-order chi connectivity index (χ0) is 41.6. The van der Waals surface area contributed by atoms with Gasteiger partial charge in [0.2, 0.25) is 0 Å². The van der Waals surface area contributed by atoms with Crippen LogP contribution < -0.4 is 4.90 Å². The van der Waals surface area contributed by atoms with Crippen molar-refractivity contribution in [1.82, 2.24) is 0 Å². The van der Waals surface area contributed by atoms with E-state index in [0.717, 1.165) is 17.1 Å². The van der Waals surface area contributed by atoms with Gasteiger partial charge in [0.1, 0.15) is 0 Å². The predicted octanol–water partition coefficient (Wildman–Crippen LogP) is 17.3. The predicted molar refractivity (Wildman–Crippen MR) is 264 cm³/mol. The van der Waals surface area contributed by atoms with E-state index in [-0.39, 0.29) is 5.41 Å². The monoisotopic (exact) mass is 797 g/mol. The summed E-state index contributed by atoms with van der Waals surface area (Å²) in [4.78, 5) is 2.53. The van der Waals surface area contributed by atoms with E-state index in [2.05, 4.69) is 225 Å². The molecule has 0 aliphatic heterocycles. The van der Waals surface area contributed by atoms with Crippen molar-refractivity contribution in [3.05, 3.63) is 223 Å². The fraction of sp³-hybridized carbons (Fsp3) is 0.148. The molecule has 9 aromatic rings. The van der Waals surface area contributed by atoms with E-state index in [0.29, 0.717) is 5.92 Å². The average molecular weight is 798 g/mol. The van der Waals surface area contributed by atoms with Gasteiger partial charge in [-0.1, -0.05) is 215 Å². The maximum Gasteiger partial charge on any atom is 0.0540 e. The van der Waals surface area contributed by atoms with Gasteiger partial charge in [-0.05, 0) is 115 Å². The second-order valence-corrected chi connectivity index (χ2v) is 17.8. The summed E-state index contributed by atoms with van der Waals surface area (Å²) in [5, 5.41) is 2.71. The molecule has 0 atom stereocenters. The summed E-state index contributed by atoms with van der Waals surface area (Å²) < 4.78 is 0. The molecule has 2 aliphatic carbocycles. The highest BCUT2D eigenvalue weighted by Crippen LogP contribution is 2.53. The Bertz CT molecular complexity index is 3070. The van der Waals surface area contributed by atoms with Gasteiger partial charge in [-0.3, -0.25) is 0 Å². The lowest BCUT2D eigenvalue weighted by atomic mass is 9.79. The SMILES string of the molecule is CC1(C)c2ccccc2-c2cccc(-c3cccc(N(c4ccccc4-c4ccc(-c5ccccc5)cc4)c4ccccc4-c4cccc5cccc(C6CCCCC6)c45)c3)c21. The highest BCUT2D eigenvalue weighted by molar-refractivity contribution is 6.04. The van der Waals surface area contributed by atoms with E-state index in [1.165, 1.54) is 115 Å². The van der Waals surface area contributed by atoms with E-state index in [1.54, 1.807) is 0 Å². The molecule has 0 aromatic heterocycles. The Morgan fingerprint density at radius 3 is 1.74 bits per heavy atom. The van der Waals surface area contributed by atoms with Crippen LogP contribution in [-0.4, -0.2) is 0 Å². The van der Waals surface area contributed by atoms with Gasteiger partial charge in [0.15, 0.2) is 0 Å². The standard InChI is InChI=1S/C61H51N/c1-61(2)56-34-12-9-28-52(56)55-33-18-31-51(60(55)61)47-25-15-26-48(41-47)62(57-35-13-10-27-49(57)45-39-37-43(38-40-45)42-19-5-3-6-20-42)58-36-14-11-29-53(58)54-32-17-24-46-23-16-30-50(59(46)54)44-21-7-4-8-22-44/h3,5-6,9-20,23-41,44H,4,7-8,21-22H2,1-2H3. The minimum Gasteiger partial charge on any atom is -0.309 e. The molecule has 0 heterocycles. The molecule has 0 N–H and O–H groups in total. The summed E-state index contributed by atoms with van der Waals surface area (Å²) in [6.45, 7) is 4.78. The Hall–Kier alpha value is -6.96. The highest BCUT2D eigenvalue weighted by atomic mass is 15.1. The first-order valence-electron chi connectivity index (χ1n) is 22.5. The average Bonchev–Trinajstić information content (AvgIpc) is 3.58. The lowest BCUT2D eigenvalue weighted by Gasteiger charge is -2.31. The Balaban J connectivity index is 1.12. The van der Waals surface area contributed by atoms with Crippen molar-refractivity contribution < 1.29 is 0 Å². The van der Waals surface area contributed by atoms with Crippen LogP contribution in [0.1, 0.15) is 68.6 Å². The summed E-state index contributed by atoms with van der Waals surface area (Å²) in [5.41, 5.74) is 20.1. The molecule has 1 saturated carbocycles. The fourth-order valence-electron chi connectivity index (χ4n) is 10.9. The van der Waals surface area contributed by atoms with E-state index in [4.69, 9.17) is 0 Å². The van der Waals surface area contributed by atoms with Gasteiger partial charge in [-0.2, -0.15) is 0 Å². The van der Waals surface area contributed by atoms with Crippen LogP contribution in [0.5, 0.6) is 0 Å². The van der Waals surface area contributed by atoms with Crippen molar-refractivity contribution in [3.8, 4) is 55.6 Å². The maximum atomic E-state index is 2.53. The molecular weight excluding hydrogens is 747 g/mol. The van der Waals surface area contributed by atoms with Gasteiger partial charge in [0, 0.05) is 22.2 Å². The summed E-state index contributed by atoms with van der Waals surface area (Å²) in [5.74, 6) is 0.580. The van der Waals surface area contributed by atoms with Crippen LogP contribution in [0.25, 0.3) is 66.4 Å². The number of rotatable bonds is 8. The molecule has 9 aromatic carbocycles. The Morgan fingerprint density at radius 1 is 0.403 bits per heavy atom. The topological polar surface area (TPSA) is 3.24 Å². The third kappa shape index (κ3) is 6.55. The van der Waals surface area contributed by atoms with E-state index in [9.17, 15) is 0 Å². The Labute approximate surface area is 367 Å². The number of benzene rings is 9. The Morgan fingerprint density at radius 2 is 0.952 bits per heavy atom. The third-order valence-corrected chi connectivity index (χ3v) is 13.9. The molecule has 1 heteroatoms. The minimum atomic E-state index is -0.131. The van der Waals surface area contributed by atoms with Gasteiger partial charge < -0.3 is 4.90 Å². The van der Waals surface area contributed by atoms with Crippen LogP contribution in [-0.2, 0) is 5.41 Å². The lowest BCUT2D eigenvalue weighted by Crippen LogP contribution is -2.16. The van der Waals surface area contributed by atoms with Crippen molar-refractivity contribution in [2.75, 3.05) is 4.90 Å². The zero-order valence-electron chi connectivity index (χ0n) is 35.7.